The van der Waals surface area contributed by atoms with Gasteiger partial charge in [0, 0.05) is 13.1 Å². The SMILES string of the molecule is O=C(CSCC1CNC1)N1CCCCC1. The second kappa shape index (κ2) is 5.75. The van der Waals surface area contributed by atoms with Gasteiger partial charge in [0.05, 0.1) is 5.75 Å². The Bertz CT molecular complexity index is 213. The van der Waals surface area contributed by atoms with Gasteiger partial charge in [-0.15, -0.1) is 0 Å². The van der Waals surface area contributed by atoms with Crippen LogP contribution in [-0.2, 0) is 4.79 Å². The Labute approximate surface area is 96.0 Å². The minimum Gasteiger partial charge on any atom is -0.342 e. The average Bonchev–Trinajstić information content (AvgIpc) is 2.23. The molecule has 86 valence electrons. The van der Waals surface area contributed by atoms with Crippen LogP contribution in [0.3, 0.4) is 0 Å². The first kappa shape index (κ1) is 11.3. The Kier molecular flexibility index (Phi) is 4.32. The van der Waals surface area contributed by atoms with E-state index >= 15 is 0 Å². The van der Waals surface area contributed by atoms with E-state index in [-0.39, 0.29) is 0 Å². The number of amides is 1. The number of carbonyl (C=O) groups is 1. The van der Waals surface area contributed by atoms with Gasteiger partial charge < -0.3 is 10.2 Å². The fraction of sp³-hybridized carbons (Fsp3) is 0.909. The Morgan fingerprint density at radius 1 is 1.27 bits per heavy atom. The van der Waals surface area contributed by atoms with Crippen LogP contribution in [0.25, 0.3) is 0 Å². The number of likely N-dealkylation sites (tertiary alicyclic amines) is 1. The summed E-state index contributed by atoms with van der Waals surface area (Å²) in [6.45, 7) is 4.27. The molecule has 0 unspecified atom stereocenters. The number of thioether (sulfide) groups is 1. The molecule has 0 saturated carbocycles. The summed E-state index contributed by atoms with van der Waals surface area (Å²) in [5.41, 5.74) is 0. The molecule has 0 bridgehead atoms. The lowest BCUT2D eigenvalue weighted by Crippen LogP contribution is -2.43. The highest BCUT2D eigenvalue weighted by Gasteiger charge is 2.19. The minimum atomic E-state index is 0.354. The predicted octanol–water partition coefficient (Wildman–Crippen LogP) is 0.951. The molecule has 0 aliphatic carbocycles. The van der Waals surface area contributed by atoms with Crippen molar-refractivity contribution in [1.82, 2.24) is 10.2 Å². The van der Waals surface area contributed by atoms with Crippen molar-refractivity contribution < 1.29 is 4.79 Å². The third-order valence-corrected chi connectivity index (χ3v) is 4.31. The maximum atomic E-state index is 11.8. The Balaban J connectivity index is 1.58. The first-order chi connectivity index (χ1) is 7.36. The summed E-state index contributed by atoms with van der Waals surface area (Å²) in [7, 11) is 0. The standard InChI is InChI=1S/C11H20N2OS/c14-11(13-4-2-1-3-5-13)9-15-8-10-6-12-7-10/h10,12H,1-9H2. The van der Waals surface area contributed by atoms with E-state index in [2.05, 4.69) is 5.32 Å². The van der Waals surface area contributed by atoms with Gasteiger partial charge in [-0.2, -0.15) is 11.8 Å². The third-order valence-electron chi connectivity index (χ3n) is 3.15. The molecule has 0 aromatic carbocycles. The van der Waals surface area contributed by atoms with E-state index in [0.29, 0.717) is 11.7 Å². The summed E-state index contributed by atoms with van der Waals surface area (Å²) in [6, 6.07) is 0. The van der Waals surface area contributed by atoms with E-state index in [4.69, 9.17) is 0 Å². The van der Waals surface area contributed by atoms with Gasteiger partial charge in [-0.25, -0.2) is 0 Å². The van der Waals surface area contributed by atoms with Crippen molar-refractivity contribution in [3.8, 4) is 0 Å². The summed E-state index contributed by atoms with van der Waals surface area (Å²) in [5, 5.41) is 3.25. The summed E-state index contributed by atoms with van der Waals surface area (Å²) in [4.78, 5) is 13.8. The third kappa shape index (κ3) is 3.38. The van der Waals surface area contributed by atoms with Crippen LogP contribution >= 0.6 is 11.8 Å². The molecule has 2 aliphatic rings. The van der Waals surface area contributed by atoms with Crippen LogP contribution in [-0.4, -0.2) is 48.5 Å². The minimum absolute atomic E-state index is 0.354. The molecule has 2 saturated heterocycles. The van der Waals surface area contributed by atoms with Gasteiger partial charge in [0.1, 0.15) is 0 Å². The van der Waals surface area contributed by atoms with Crippen molar-refractivity contribution in [2.45, 2.75) is 19.3 Å². The Morgan fingerprint density at radius 2 is 2.00 bits per heavy atom. The molecule has 4 heteroatoms. The van der Waals surface area contributed by atoms with Crippen molar-refractivity contribution in [1.29, 1.82) is 0 Å². The second-order valence-corrected chi connectivity index (χ2v) is 5.51. The summed E-state index contributed by atoms with van der Waals surface area (Å²) >= 11 is 1.81. The van der Waals surface area contributed by atoms with Crippen LogP contribution < -0.4 is 5.32 Å². The quantitative estimate of drug-likeness (QED) is 0.777. The molecule has 3 nitrogen and oxygen atoms in total. The second-order valence-electron chi connectivity index (χ2n) is 4.48. The summed E-state index contributed by atoms with van der Waals surface area (Å²) in [6.07, 6.45) is 3.69. The largest absolute Gasteiger partial charge is 0.342 e. The summed E-state index contributed by atoms with van der Waals surface area (Å²) in [5.74, 6) is 3.00. The lowest BCUT2D eigenvalue weighted by Gasteiger charge is -2.28. The van der Waals surface area contributed by atoms with Crippen molar-refractivity contribution >= 4 is 17.7 Å². The molecule has 1 N–H and O–H groups in total. The first-order valence-corrected chi connectivity index (χ1v) is 7.08. The van der Waals surface area contributed by atoms with Crippen LogP contribution in [0, 0.1) is 5.92 Å². The van der Waals surface area contributed by atoms with E-state index in [9.17, 15) is 4.79 Å². The fourth-order valence-corrected chi connectivity index (χ4v) is 3.06. The zero-order valence-electron chi connectivity index (χ0n) is 9.21. The van der Waals surface area contributed by atoms with E-state index in [0.717, 1.165) is 37.8 Å². The van der Waals surface area contributed by atoms with Gasteiger partial charge in [0.25, 0.3) is 0 Å². The monoisotopic (exact) mass is 228 g/mol. The summed E-state index contributed by atoms with van der Waals surface area (Å²) < 4.78 is 0. The Hall–Kier alpha value is -0.220. The molecule has 0 spiro atoms. The van der Waals surface area contributed by atoms with Crippen molar-refractivity contribution in [2.75, 3.05) is 37.7 Å². The number of carbonyl (C=O) groups excluding carboxylic acids is 1. The van der Waals surface area contributed by atoms with Crippen LogP contribution in [0.2, 0.25) is 0 Å². The van der Waals surface area contributed by atoms with Crippen molar-refractivity contribution in [2.24, 2.45) is 5.92 Å². The van der Waals surface area contributed by atoms with Crippen LogP contribution in [0.5, 0.6) is 0 Å². The topological polar surface area (TPSA) is 32.3 Å². The first-order valence-electron chi connectivity index (χ1n) is 5.92. The van der Waals surface area contributed by atoms with Gasteiger partial charge in [-0.1, -0.05) is 0 Å². The van der Waals surface area contributed by atoms with Crippen molar-refractivity contribution in [3.63, 3.8) is 0 Å². The predicted molar refractivity (Wildman–Crippen MR) is 64.1 cm³/mol. The number of hydrogen-bond acceptors (Lipinski definition) is 3. The fourth-order valence-electron chi connectivity index (χ4n) is 2.01. The molecule has 1 amide bonds. The molecule has 0 radical (unpaired) electrons. The smallest absolute Gasteiger partial charge is 0.232 e. The van der Waals surface area contributed by atoms with Gasteiger partial charge in [-0.3, -0.25) is 4.79 Å². The van der Waals surface area contributed by atoms with E-state index in [1.54, 1.807) is 0 Å². The normalized spacial score (nSPS) is 22.5. The number of nitrogens with zero attached hydrogens (tertiary/aromatic N) is 1. The lowest BCUT2D eigenvalue weighted by molar-refractivity contribution is -0.129. The lowest BCUT2D eigenvalue weighted by atomic mass is 10.1. The molecule has 2 aliphatic heterocycles. The molecule has 2 heterocycles. The van der Waals surface area contributed by atoms with Gasteiger partial charge in [-0.05, 0) is 44.0 Å². The zero-order chi connectivity index (χ0) is 10.5. The van der Waals surface area contributed by atoms with E-state index < -0.39 is 0 Å². The maximum Gasteiger partial charge on any atom is 0.232 e. The zero-order valence-corrected chi connectivity index (χ0v) is 10.0. The number of hydrogen-bond donors (Lipinski definition) is 1. The highest BCUT2D eigenvalue weighted by atomic mass is 32.2. The van der Waals surface area contributed by atoms with E-state index in [1.807, 2.05) is 16.7 Å². The van der Waals surface area contributed by atoms with E-state index in [1.165, 1.54) is 19.3 Å². The average molecular weight is 228 g/mol. The molecule has 2 fully saturated rings. The molecular formula is C11H20N2OS. The highest BCUT2D eigenvalue weighted by molar-refractivity contribution is 7.99. The maximum absolute atomic E-state index is 11.8. The van der Waals surface area contributed by atoms with Gasteiger partial charge >= 0.3 is 0 Å². The molecule has 2 rings (SSSR count). The Morgan fingerprint density at radius 3 is 2.60 bits per heavy atom. The van der Waals surface area contributed by atoms with Crippen LogP contribution in [0.4, 0.5) is 0 Å². The number of piperidine rings is 1. The van der Waals surface area contributed by atoms with Crippen LogP contribution in [0.1, 0.15) is 19.3 Å². The molecule has 15 heavy (non-hydrogen) atoms. The molecule has 0 atom stereocenters. The van der Waals surface area contributed by atoms with Gasteiger partial charge in [0.2, 0.25) is 5.91 Å². The van der Waals surface area contributed by atoms with Gasteiger partial charge in [0.15, 0.2) is 0 Å². The highest BCUT2D eigenvalue weighted by Crippen LogP contribution is 2.15. The molecule has 0 aromatic rings. The van der Waals surface area contributed by atoms with Crippen LogP contribution in [0.15, 0.2) is 0 Å². The number of nitrogens with one attached hydrogen (secondary N) is 1. The van der Waals surface area contributed by atoms with Crippen molar-refractivity contribution in [3.05, 3.63) is 0 Å². The number of rotatable bonds is 4. The molecule has 0 aromatic heterocycles. The molecular weight excluding hydrogens is 208 g/mol.